The molecule has 0 aromatic carbocycles. The number of nitrogens with zero attached hydrogens (tertiary/aromatic N) is 1. The molecule has 0 saturated heterocycles. The summed E-state index contributed by atoms with van der Waals surface area (Å²) in [5, 5.41) is 0. The summed E-state index contributed by atoms with van der Waals surface area (Å²) < 4.78 is 10.5. The van der Waals surface area contributed by atoms with Crippen molar-refractivity contribution in [3.63, 3.8) is 0 Å². The number of aryl methyl sites for hydroxylation is 1. The van der Waals surface area contributed by atoms with E-state index in [0.29, 0.717) is 30.9 Å². The predicted molar refractivity (Wildman–Crippen MR) is 73.2 cm³/mol. The van der Waals surface area contributed by atoms with E-state index in [4.69, 9.17) is 9.15 Å². The highest BCUT2D eigenvalue weighted by molar-refractivity contribution is 5.93. The van der Waals surface area contributed by atoms with Crippen LogP contribution in [0.1, 0.15) is 42.3 Å². The maximum absolute atomic E-state index is 12.6. The fourth-order valence-electron chi connectivity index (χ4n) is 2.82. The van der Waals surface area contributed by atoms with Gasteiger partial charge in [-0.3, -0.25) is 4.79 Å². The van der Waals surface area contributed by atoms with E-state index >= 15 is 0 Å². The van der Waals surface area contributed by atoms with Crippen LogP contribution in [0.25, 0.3) is 0 Å². The number of rotatable bonds is 5. The summed E-state index contributed by atoms with van der Waals surface area (Å²) in [5.41, 5.74) is 0.901. The fraction of sp³-hybridized carbons (Fsp3) is 0.667. The number of carbonyl (C=O) groups is 1. The van der Waals surface area contributed by atoms with E-state index in [1.54, 1.807) is 13.4 Å². The predicted octanol–water partition coefficient (Wildman–Crippen LogP) is 2.87. The molecule has 2 atom stereocenters. The second-order valence-electron chi connectivity index (χ2n) is 5.50. The Hall–Kier alpha value is -1.29. The number of carbonyl (C=O) groups excluding carboxylic acids is 1. The zero-order valence-electron chi connectivity index (χ0n) is 12.0. The number of furan rings is 1. The van der Waals surface area contributed by atoms with Crippen molar-refractivity contribution in [2.75, 3.05) is 20.3 Å². The van der Waals surface area contributed by atoms with Gasteiger partial charge in [0.15, 0.2) is 5.76 Å². The summed E-state index contributed by atoms with van der Waals surface area (Å²) in [6.07, 6.45) is 4.93. The molecule has 19 heavy (non-hydrogen) atoms. The Kier molecular flexibility index (Phi) is 4.64. The van der Waals surface area contributed by atoms with Crippen LogP contribution in [-0.2, 0) is 4.74 Å². The molecule has 0 bridgehead atoms. The maximum Gasteiger partial charge on any atom is 0.290 e. The number of hydrogen-bond acceptors (Lipinski definition) is 3. The minimum Gasteiger partial charge on any atom is -0.459 e. The summed E-state index contributed by atoms with van der Waals surface area (Å²) in [5.74, 6) is 1.16. The molecule has 2 rings (SSSR count). The number of hydrogen-bond donors (Lipinski definition) is 0. The molecule has 0 aliphatic heterocycles. The third kappa shape index (κ3) is 3.18. The highest BCUT2D eigenvalue weighted by Gasteiger charge is 2.32. The van der Waals surface area contributed by atoms with E-state index in [0.717, 1.165) is 18.4 Å². The molecule has 0 radical (unpaired) electrons. The quantitative estimate of drug-likeness (QED) is 0.822. The lowest BCUT2D eigenvalue weighted by atomic mass is 10.1. The van der Waals surface area contributed by atoms with Crippen LogP contribution in [0.2, 0.25) is 0 Å². The van der Waals surface area contributed by atoms with Gasteiger partial charge < -0.3 is 14.1 Å². The van der Waals surface area contributed by atoms with Crippen molar-refractivity contribution in [2.45, 2.75) is 39.2 Å². The normalized spacial score (nSPS) is 22.7. The number of ether oxygens (including phenoxy) is 1. The highest BCUT2D eigenvalue weighted by Crippen LogP contribution is 2.30. The van der Waals surface area contributed by atoms with Crippen LogP contribution in [-0.4, -0.2) is 37.1 Å². The van der Waals surface area contributed by atoms with Crippen molar-refractivity contribution < 1.29 is 13.9 Å². The molecular weight excluding hydrogens is 242 g/mol. The van der Waals surface area contributed by atoms with Crippen molar-refractivity contribution in [3.05, 3.63) is 23.7 Å². The molecule has 1 amide bonds. The Bertz CT molecular complexity index is 427. The average molecular weight is 265 g/mol. The van der Waals surface area contributed by atoms with Crippen LogP contribution in [0.5, 0.6) is 0 Å². The third-order valence-electron chi connectivity index (χ3n) is 3.96. The molecule has 0 spiro atoms. The smallest absolute Gasteiger partial charge is 0.290 e. The van der Waals surface area contributed by atoms with Gasteiger partial charge in [-0.1, -0.05) is 6.92 Å². The molecule has 4 heteroatoms. The molecule has 1 fully saturated rings. The summed E-state index contributed by atoms with van der Waals surface area (Å²) in [4.78, 5) is 14.5. The van der Waals surface area contributed by atoms with Gasteiger partial charge >= 0.3 is 0 Å². The lowest BCUT2D eigenvalue weighted by Crippen LogP contribution is -2.41. The van der Waals surface area contributed by atoms with Crippen molar-refractivity contribution >= 4 is 5.91 Å². The van der Waals surface area contributed by atoms with Crippen LogP contribution >= 0.6 is 0 Å². The highest BCUT2D eigenvalue weighted by atomic mass is 16.5. The fourth-order valence-corrected chi connectivity index (χ4v) is 2.82. The first kappa shape index (κ1) is 14.1. The van der Waals surface area contributed by atoms with Crippen molar-refractivity contribution in [1.29, 1.82) is 0 Å². The Morgan fingerprint density at radius 2 is 2.32 bits per heavy atom. The molecule has 1 saturated carbocycles. The van der Waals surface area contributed by atoms with E-state index in [9.17, 15) is 4.79 Å². The van der Waals surface area contributed by atoms with Gasteiger partial charge in [0, 0.05) is 25.3 Å². The molecule has 1 aliphatic carbocycles. The van der Waals surface area contributed by atoms with E-state index in [1.165, 1.54) is 6.42 Å². The maximum atomic E-state index is 12.6. The minimum atomic E-state index is -0.00125. The molecular formula is C15H23NO3. The van der Waals surface area contributed by atoms with Gasteiger partial charge in [0.05, 0.1) is 12.9 Å². The first-order valence-electron chi connectivity index (χ1n) is 6.97. The van der Waals surface area contributed by atoms with Crippen LogP contribution in [0, 0.1) is 12.8 Å². The minimum absolute atomic E-state index is 0.00125. The monoisotopic (exact) mass is 265 g/mol. The van der Waals surface area contributed by atoms with Gasteiger partial charge in [-0.15, -0.1) is 0 Å². The SMILES string of the molecule is COCCN(C(=O)c1occc1C)[C@H]1CC[C@@H](C)C1. The second kappa shape index (κ2) is 6.24. The van der Waals surface area contributed by atoms with Crippen molar-refractivity contribution in [1.82, 2.24) is 4.90 Å². The van der Waals surface area contributed by atoms with Crippen LogP contribution in [0.15, 0.2) is 16.7 Å². The van der Waals surface area contributed by atoms with Gasteiger partial charge in [0.25, 0.3) is 5.91 Å². The summed E-state index contributed by atoms with van der Waals surface area (Å²) >= 11 is 0. The molecule has 106 valence electrons. The van der Waals surface area contributed by atoms with E-state index in [2.05, 4.69) is 6.92 Å². The Labute approximate surface area is 114 Å². The number of methoxy groups -OCH3 is 1. The van der Waals surface area contributed by atoms with Gasteiger partial charge in [-0.2, -0.15) is 0 Å². The Morgan fingerprint density at radius 1 is 1.53 bits per heavy atom. The number of amides is 1. The van der Waals surface area contributed by atoms with Gasteiger partial charge in [0.1, 0.15) is 0 Å². The molecule has 1 aromatic heterocycles. The lowest BCUT2D eigenvalue weighted by Gasteiger charge is -2.28. The molecule has 1 aromatic rings. The molecule has 0 N–H and O–H groups in total. The molecule has 0 unspecified atom stereocenters. The molecule has 1 aliphatic rings. The first-order valence-corrected chi connectivity index (χ1v) is 6.97. The lowest BCUT2D eigenvalue weighted by molar-refractivity contribution is 0.0570. The zero-order chi connectivity index (χ0) is 13.8. The Balaban J connectivity index is 2.13. The molecule has 1 heterocycles. The van der Waals surface area contributed by atoms with E-state index in [1.807, 2.05) is 17.9 Å². The largest absolute Gasteiger partial charge is 0.459 e. The summed E-state index contributed by atoms with van der Waals surface area (Å²) in [7, 11) is 1.66. The summed E-state index contributed by atoms with van der Waals surface area (Å²) in [6, 6.07) is 2.15. The van der Waals surface area contributed by atoms with Crippen LogP contribution < -0.4 is 0 Å². The van der Waals surface area contributed by atoms with Gasteiger partial charge in [0.2, 0.25) is 0 Å². The van der Waals surface area contributed by atoms with Crippen molar-refractivity contribution in [2.24, 2.45) is 5.92 Å². The van der Waals surface area contributed by atoms with Gasteiger partial charge in [-0.25, -0.2) is 0 Å². The topological polar surface area (TPSA) is 42.7 Å². The first-order chi connectivity index (χ1) is 9.13. The van der Waals surface area contributed by atoms with Crippen LogP contribution in [0.4, 0.5) is 0 Å². The Morgan fingerprint density at radius 3 is 2.84 bits per heavy atom. The standard InChI is InChI=1S/C15H23NO3/c1-11-4-5-13(10-11)16(7-9-18-3)15(17)14-12(2)6-8-19-14/h6,8,11,13H,4-5,7,9-10H2,1-3H3/t11-,13+/m1/s1. The molecule has 4 nitrogen and oxygen atoms in total. The van der Waals surface area contributed by atoms with Crippen molar-refractivity contribution in [3.8, 4) is 0 Å². The van der Waals surface area contributed by atoms with E-state index < -0.39 is 0 Å². The van der Waals surface area contributed by atoms with Crippen LogP contribution in [0.3, 0.4) is 0 Å². The van der Waals surface area contributed by atoms with Gasteiger partial charge in [-0.05, 0) is 38.2 Å². The zero-order valence-corrected chi connectivity index (χ0v) is 12.0. The summed E-state index contributed by atoms with van der Waals surface area (Å²) in [6.45, 7) is 5.35. The third-order valence-corrected chi connectivity index (χ3v) is 3.96. The average Bonchev–Trinajstić information content (AvgIpc) is 2.98. The second-order valence-corrected chi connectivity index (χ2v) is 5.50. The van der Waals surface area contributed by atoms with E-state index in [-0.39, 0.29) is 5.91 Å².